The van der Waals surface area contributed by atoms with Crippen LogP contribution in [0, 0.1) is 12.7 Å². The number of carbonyl (C=O) groups is 2. The summed E-state index contributed by atoms with van der Waals surface area (Å²) in [5, 5.41) is 2.73. The molecule has 0 aliphatic heterocycles. The number of esters is 1. The fraction of sp³-hybridized carbons (Fsp3) is 0.333. The van der Waals surface area contributed by atoms with Crippen molar-refractivity contribution in [3.63, 3.8) is 0 Å². The molecule has 0 aliphatic carbocycles. The first-order valence-electron chi connectivity index (χ1n) is 9.10. The summed E-state index contributed by atoms with van der Waals surface area (Å²) < 4.78 is 22.8. The summed E-state index contributed by atoms with van der Waals surface area (Å²) in [5.41, 5.74) is 2.27. The highest BCUT2D eigenvalue weighted by molar-refractivity contribution is 5.80. The second kappa shape index (κ2) is 10.9. The molecule has 2 aromatic rings. The molecule has 0 saturated carbocycles. The van der Waals surface area contributed by atoms with Crippen molar-refractivity contribution in [2.45, 2.75) is 13.8 Å². The quantitative estimate of drug-likeness (QED) is 0.634. The Kier molecular flexibility index (Phi) is 8.27. The van der Waals surface area contributed by atoms with Gasteiger partial charge in [0, 0.05) is 25.3 Å². The lowest BCUT2D eigenvalue weighted by atomic mass is 10.2. The summed E-state index contributed by atoms with van der Waals surface area (Å²) in [4.78, 5) is 25.6. The number of halogens is 1. The van der Waals surface area contributed by atoms with Crippen molar-refractivity contribution < 1.29 is 23.5 Å². The predicted molar refractivity (Wildman–Crippen MR) is 105 cm³/mol. The van der Waals surface area contributed by atoms with E-state index >= 15 is 0 Å². The van der Waals surface area contributed by atoms with Crippen LogP contribution < -0.4 is 15.0 Å². The Bertz CT molecular complexity index is 780. The highest BCUT2D eigenvalue weighted by Gasteiger charge is 2.10. The number of hydrogen-bond donors (Lipinski definition) is 1. The first-order valence-corrected chi connectivity index (χ1v) is 9.10. The van der Waals surface area contributed by atoms with Crippen LogP contribution in [0.3, 0.4) is 0 Å². The number of nitrogens with one attached hydrogen (secondary N) is 1. The summed E-state index contributed by atoms with van der Waals surface area (Å²) in [6.45, 7) is 5.25. The third-order valence-electron chi connectivity index (χ3n) is 3.99. The zero-order valence-corrected chi connectivity index (χ0v) is 16.1. The van der Waals surface area contributed by atoms with Crippen molar-refractivity contribution in [1.29, 1.82) is 0 Å². The van der Waals surface area contributed by atoms with Gasteiger partial charge in [0.25, 0.3) is 5.91 Å². The van der Waals surface area contributed by atoms with E-state index < -0.39 is 11.8 Å². The minimum atomic E-state index is -0.672. The van der Waals surface area contributed by atoms with E-state index in [9.17, 15) is 14.0 Å². The topological polar surface area (TPSA) is 67.9 Å². The van der Waals surface area contributed by atoms with E-state index in [1.54, 1.807) is 0 Å². The molecule has 1 N–H and O–H groups in total. The molecular weight excluding hydrogens is 363 g/mol. The van der Waals surface area contributed by atoms with E-state index in [1.807, 2.05) is 32.0 Å². The summed E-state index contributed by atoms with van der Waals surface area (Å²) >= 11 is 0. The largest absolute Gasteiger partial charge is 0.482 e. The van der Waals surface area contributed by atoms with Crippen molar-refractivity contribution in [3.05, 3.63) is 59.9 Å². The first kappa shape index (κ1) is 21.2. The van der Waals surface area contributed by atoms with Gasteiger partial charge in [-0.1, -0.05) is 12.1 Å². The van der Waals surface area contributed by atoms with Crippen LogP contribution in [0.5, 0.6) is 5.75 Å². The third kappa shape index (κ3) is 7.26. The van der Waals surface area contributed by atoms with Gasteiger partial charge in [-0.3, -0.25) is 4.79 Å². The molecule has 150 valence electrons. The highest BCUT2D eigenvalue weighted by Crippen LogP contribution is 2.15. The Morgan fingerprint density at radius 3 is 2.54 bits per heavy atom. The zero-order chi connectivity index (χ0) is 20.4. The smallest absolute Gasteiger partial charge is 0.344 e. The molecule has 28 heavy (non-hydrogen) atoms. The van der Waals surface area contributed by atoms with Crippen molar-refractivity contribution in [3.8, 4) is 5.75 Å². The lowest BCUT2D eigenvalue weighted by Gasteiger charge is -2.23. The summed E-state index contributed by atoms with van der Waals surface area (Å²) in [6, 6.07) is 13.4. The Morgan fingerprint density at radius 1 is 1.11 bits per heavy atom. The maximum absolute atomic E-state index is 12.8. The second-order valence-corrected chi connectivity index (χ2v) is 6.17. The lowest BCUT2D eigenvalue weighted by molar-refractivity contribution is -0.150. The predicted octanol–water partition coefficient (Wildman–Crippen LogP) is 2.70. The number of benzene rings is 2. The number of amides is 1. The van der Waals surface area contributed by atoms with Crippen LogP contribution in [-0.2, 0) is 14.3 Å². The van der Waals surface area contributed by atoms with Crippen LogP contribution in [0.4, 0.5) is 10.1 Å². The average Bonchev–Trinajstić information content (AvgIpc) is 2.69. The maximum Gasteiger partial charge on any atom is 0.344 e. The molecule has 0 fully saturated rings. The van der Waals surface area contributed by atoms with Crippen molar-refractivity contribution in [2.24, 2.45) is 0 Å². The standard InChI is InChI=1S/C21H25FN2O4/c1-3-24(18-6-4-5-16(2)13-18)12-11-23-20(25)14-28-21(26)15-27-19-9-7-17(22)8-10-19/h4-10,13H,3,11-12,14-15H2,1-2H3,(H,23,25). The van der Waals surface area contributed by atoms with E-state index in [0.717, 1.165) is 12.2 Å². The van der Waals surface area contributed by atoms with Gasteiger partial charge in [-0.05, 0) is 55.8 Å². The summed E-state index contributed by atoms with van der Waals surface area (Å²) in [6.07, 6.45) is 0. The van der Waals surface area contributed by atoms with E-state index in [2.05, 4.69) is 16.3 Å². The molecule has 0 atom stereocenters. The molecule has 0 aromatic heterocycles. The molecule has 2 rings (SSSR count). The number of ether oxygens (including phenoxy) is 2. The molecule has 0 heterocycles. The molecule has 0 unspecified atom stereocenters. The minimum absolute atomic E-state index is 0.346. The summed E-state index contributed by atoms with van der Waals surface area (Å²) in [5.74, 6) is -1.10. The van der Waals surface area contributed by atoms with Crippen LogP contribution in [-0.4, -0.2) is 44.7 Å². The fourth-order valence-electron chi connectivity index (χ4n) is 2.54. The van der Waals surface area contributed by atoms with Gasteiger partial charge in [0.15, 0.2) is 13.2 Å². The lowest BCUT2D eigenvalue weighted by Crippen LogP contribution is -2.37. The fourth-order valence-corrected chi connectivity index (χ4v) is 2.54. The average molecular weight is 388 g/mol. The maximum atomic E-state index is 12.8. The molecular formula is C21H25FN2O4. The number of likely N-dealkylation sites (N-methyl/N-ethyl adjacent to an activating group) is 1. The number of aryl methyl sites for hydroxylation is 1. The van der Waals surface area contributed by atoms with E-state index in [4.69, 9.17) is 9.47 Å². The second-order valence-electron chi connectivity index (χ2n) is 6.17. The van der Waals surface area contributed by atoms with E-state index in [0.29, 0.717) is 18.8 Å². The van der Waals surface area contributed by atoms with Gasteiger partial charge in [0.05, 0.1) is 0 Å². The van der Waals surface area contributed by atoms with Crippen LogP contribution in [0.25, 0.3) is 0 Å². The molecule has 2 aromatic carbocycles. The van der Waals surface area contributed by atoms with E-state index in [1.165, 1.54) is 29.8 Å². The van der Waals surface area contributed by atoms with Crippen molar-refractivity contribution in [1.82, 2.24) is 5.32 Å². The molecule has 0 spiro atoms. The van der Waals surface area contributed by atoms with Gasteiger partial charge in [0.2, 0.25) is 0 Å². The molecule has 6 nitrogen and oxygen atoms in total. The molecule has 0 bridgehead atoms. The van der Waals surface area contributed by atoms with Gasteiger partial charge >= 0.3 is 5.97 Å². The SMILES string of the molecule is CCN(CCNC(=O)COC(=O)COc1ccc(F)cc1)c1cccc(C)c1. The van der Waals surface area contributed by atoms with Crippen molar-refractivity contribution >= 4 is 17.6 Å². The van der Waals surface area contributed by atoms with Crippen LogP contribution >= 0.6 is 0 Å². The Labute approximate surface area is 164 Å². The van der Waals surface area contributed by atoms with Crippen LogP contribution in [0.15, 0.2) is 48.5 Å². The van der Waals surface area contributed by atoms with Crippen LogP contribution in [0.2, 0.25) is 0 Å². The molecule has 7 heteroatoms. The Morgan fingerprint density at radius 2 is 1.86 bits per heavy atom. The Balaban J connectivity index is 1.64. The highest BCUT2D eigenvalue weighted by atomic mass is 19.1. The number of carbonyl (C=O) groups excluding carboxylic acids is 2. The van der Waals surface area contributed by atoms with Gasteiger partial charge in [-0.25, -0.2) is 9.18 Å². The monoisotopic (exact) mass is 388 g/mol. The molecule has 1 amide bonds. The van der Waals surface area contributed by atoms with Gasteiger partial charge < -0.3 is 19.7 Å². The van der Waals surface area contributed by atoms with E-state index in [-0.39, 0.29) is 19.1 Å². The first-order chi connectivity index (χ1) is 13.5. The van der Waals surface area contributed by atoms with Crippen LogP contribution in [0.1, 0.15) is 12.5 Å². The molecule has 0 radical (unpaired) electrons. The number of nitrogens with zero attached hydrogens (tertiary/aromatic N) is 1. The third-order valence-corrected chi connectivity index (χ3v) is 3.99. The van der Waals surface area contributed by atoms with Gasteiger partial charge in [0.1, 0.15) is 11.6 Å². The van der Waals surface area contributed by atoms with Gasteiger partial charge in [-0.15, -0.1) is 0 Å². The Hall–Kier alpha value is -3.09. The molecule has 0 saturated heterocycles. The summed E-state index contributed by atoms with van der Waals surface area (Å²) in [7, 11) is 0. The number of anilines is 1. The minimum Gasteiger partial charge on any atom is -0.482 e. The van der Waals surface area contributed by atoms with Crippen molar-refractivity contribution in [2.75, 3.05) is 37.7 Å². The zero-order valence-electron chi connectivity index (χ0n) is 16.1. The number of rotatable bonds is 10. The molecule has 0 aliphatic rings. The normalized spacial score (nSPS) is 10.2. The number of hydrogen-bond acceptors (Lipinski definition) is 5. The van der Waals surface area contributed by atoms with Gasteiger partial charge in [-0.2, -0.15) is 0 Å².